The third-order valence-electron chi connectivity index (χ3n) is 4.73. The monoisotopic (exact) mass is 419 g/mol. The van der Waals surface area contributed by atoms with Crippen LogP contribution in [0.2, 0.25) is 0 Å². The highest BCUT2D eigenvalue weighted by Crippen LogP contribution is 2.19. The molecule has 1 aromatic rings. The first-order chi connectivity index (χ1) is 14.1. The minimum absolute atomic E-state index is 0.103. The van der Waals surface area contributed by atoms with Crippen LogP contribution < -0.4 is 16.0 Å². The molecular weight excluding hydrogens is 394 g/mol. The van der Waals surface area contributed by atoms with Crippen LogP contribution in [-0.2, 0) is 19.2 Å². The maximum Gasteiger partial charge on any atom is 0.269 e. The molecule has 30 heavy (non-hydrogen) atoms. The molecule has 1 fully saturated rings. The van der Waals surface area contributed by atoms with Gasteiger partial charge in [0.2, 0.25) is 23.6 Å². The van der Waals surface area contributed by atoms with Crippen molar-refractivity contribution >= 4 is 35.0 Å². The number of anilines is 1. The summed E-state index contributed by atoms with van der Waals surface area (Å²) in [5.41, 5.74) is 0.252. The lowest BCUT2D eigenvalue weighted by Gasteiger charge is -2.27. The van der Waals surface area contributed by atoms with Crippen LogP contribution in [0.3, 0.4) is 0 Å². The van der Waals surface area contributed by atoms with Crippen LogP contribution in [0.5, 0.6) is 0 Å². The van der Waals surface area contributed by atoms with Gasteiger partial charge in [-0.15, -0.1) is 0 Å². The van der Waals surface area contributed by atoms with E-state index in [4.69, 9.17) is 0 Å². The number of nitro groups is 1. The Hall–Kier alpha value is -3.50. The quantitative estimate of drug-likeness (QED) is 0.434. The molecule has 1 heterocycles. The van der Waals surface area contributed by atoms with Crippen LogP contribution in [0.15, 0.2) is 24.3 Å². The van der Waals surface area contributed by atoms with Crippen molar-refractivity contribution in [3.63, 3.8) is 0 Å². The highest BCUT2D eigenvalue weighted by atomic mass is 16.6. The molecule has 1 saturated heterocycles. The Morgan fingerprint density at radius 1 is 1.10 bits per heavy atom. The van der Waals surface area contributed by atoms with E-state index < -0.39 is 34.9 Å². The molecule has 1 aliphatic rings. The number of non-ortho nitro benzene ring substituents is 1. The number of rotatable bonds is 7. The summed E-state index contributed by atoms with van der Waals surface area (Å²) in [5.74, 6) is -1.65. The van der Waals surface area contributed by atoms with Crippen LogP contribution in [0.1, 0.15) is 33.6 Å². The van der Waals surface area contributed by atoms with Gasteiger partial charge in [0.25, 0.3) is 5.69 Å². The van der Waals surface area contributed by atoms with Crippen molar-refractivity contribution in [3.05, 3.63) is 34.4 Å². The third kappa shape index (κ3) is 5.75. The van der Waals surface area contributed by atoms with E-state index in [1.165, 1.54) is 43.0 Å². The SMILES string of the molecule is CC(=O)N[C@H](C)C(=O)N1CCC[C@H]1C(=O)N[C@@H](C)C(=O)Nc1ccc([N+](=O)[O-])cc1. The van der Waals surface area contributed by atoms with E-state index >= 15 is 0 Å². The second kappa shape index (κ2) is 9.81. The summed E-state index contributed by atoms with van der Waals surface area (Å²) in [5, 5.41) is 18.4. The summed E-state index contributed by atoms with van der Waals surface area (Å²) in [6.45, 7) is 4.75. The molecule has 0 spiro atoms. The maximum absolute atomic E-state index is 12.6. The van der Waals surface area contributed by atoms with Gasteiger partial charge < -0.3 is 20.9 Å². The van der Waals surface area contributed by atoms with Crippen molar-refractivity contribution in [3.8, 4) is 0 Å². The number of hydrogen-bond donors (Lipinski definition) is 3. The van der Waals surface area contributed by atoms with Crippen LogP contribution >= 0.6 is 0 Å². The first-order valence-corrected chi connectivity index (χ1v) is 9.53. The number of likely N-dealkylation sites (tertiary alicyclic amines) is 1. The van der Waals surface area contributed by atoms with E-state index in [0.29, 0.717) is 25.1 Å². The zero-order chi connectivity index (χ0) is 22.4. The lowest BCUT2D eigenvalue weighted by atomic mass is 10.1. The average molecular weight is 419 g/mol. The summed E-state index contributed by atoms with van der Waals surface area (Å²) in [7, 11) is 0. The minimum Gasteiger partial charge on any atom is -0.345 e. The predicted octanol–water partition coefficient (Wildman–Crippen LogP) is 0.554. The lowest BCUT2D eigenvalue weighted by Crippen LogP contribution is -2.54. The van der Waals surface area contributed by atoms with Crippen molar-refractivity contribution in [1.29, 1.82) is 0 Å². The third-order valence-corrected chi connectivity index (χ3v) is 4.73. The number of nitro benzene ring substituents is 1. The predicted molar refractivity (Wildman–Crippen MR) is 107 cm³/mol. The molecule has 3 atom stereocenters. The zero-order valence-electron chi connectivity index (χ0n) is 17.0. The van der Waals surface area contributed by atoms with E-state index in [0.717, 1.165) is 0 Å². The fourth-order valence-electron chi connectivity index (χ4n) is 3.21. The molecule has 0 aliphatic carbocycles. The number of amides is 4. The smallest absolute Gasteiger partial charge is 0.269 e. The first-order valence-electron chi connectivity index (χ1n) is 9.53. The molecule has 0 saturated carbocycles. The molecule has 11 nitrogen and oxygen atoms in total. The van der Waals surface area contributed by atoms with E-state index in [1.54, 1.807) is 6.92 Å². The van der Waals surface area contributed by atoms with Crippen molar-refractivity contribution in [1.82, 2.24) is 15.5 Å². The Labute approximate surface area is 173 Å². The summed E-state index contributed by atoms with van der Waals surface area (Å²) in [6.07, 6.45) is 1.10. The summed E-state index contributed by atoms with van der Waals surface area (Å²) >= 11 is 0. The largest absolute Gasteiger partial charge is 0.345 e. The Morgan fingerprint density at radius 2 is 1.73 bits per heavy atom. The van der Waals surface area contributed by atoms with Gasteiger partial charge in [0.15, 0.2) is 0 Å². The van der Waals surface area contributed by atoms with Crippen molar-refractivity contribution in [2.75, 3.05) is 11.9 Å². The van der Waals surface area contributed by atoms with Gasteiger partial charge in [-0.25, -0.2) is 0 Å². The molecule has 0 unspecified atom stereocenters. The zero-order valence-corrected chi connectivity index (χ0v) is 17.0. The highest BCUT2D eigenvalue weighted by Gasteiger charge is 2.37. The van der Waals surface area contributed by atoms with E-state index in [1.807, 2.05) is 0 Å². The Balaban J connectivity index is 1.94. The topological polar surface area (TPSA) is 151 Å². The molecule has 0 aromatic heterocycles. The number of carbonyl (C=O) groups is 4. The second-order valence-corrected chi connectivity index (χ2v) is 7.14. The molecule has 1 aliphatic heterocycles. The molecule has 162 valence electrons. The molecule has 0 bridgehead atoms. The fraction of sp³-hybridized carbons (Fsp3) is 0.474. The summed E-state index contributed by atoms with van der Waals surface area (Å²) in [6, 6.07) is 2.95. The van der Waals surface area contributed by atoms with Gasteiger partial charge >= 0.3 is 0 Å². The Kier molecular flexibility index (Phi) is 7.45. The maximum atomic E-state index is 12.6. The Morgan fingerprint density at radius 3 is 2.30 bits per heavy atom. The minimum atomic E-state index is -0.891. The van der Waals surface area contributed by atoms with E-state index in [-0.39, 0.29) is 17.5 Å². The van der Waals surface area contributed by atoms with Gasteiger partial charge in [0.05, 0.1) is 4.92 Å². The molecule has 11 heteroatoms. The van der Waals surface area contributed by atoms with Crippen LogP contribution in [0.4, 0.5) is 11.4 Å². The molecule has 0 radical (unpaired) electrons. The highest BCUT2D eigenvalue weighted by molar-refractivity contribution is 5.98. The molecule has 3 N–H and O–H groups in total. The molecule has 1 aromatic carbocycles. The number of hydrogen-bond acceptors (Lipinski definition) is 6. The normalized spacial score (nSPS) is 17.6. The summed E-state index contributed by atoms with van der Waals surface area (Å²) in [4.78, 5) is 60.2. The average Bonchev–Trinajstić information content (AvgIpc) is 3.17. The number of nitrogens with one attached hydrogen (secondary N) is 3. The van der Waals surface area contributed by atoms with Crippen LogP contribution in [0.25, 0.3) is 0 Å². The summed E-state index contributed by atoms with van der Waals surface area (Å²) < 4.78 is 0. The Bertz CT molecular complexity index is 840. The first kappa shape index (κ1) is 22.8. The van der Waals surface area contributed by atoms with Gasteiger partial charge in [0.1, 0.15) is 18.1 Å². The fourth-order valence-corrected chi connectivity index (χ4v) is 3.21. The standard InChI is InChI=1S/C19H25N5O6/c1-11(17(26)22-14-6-8-15(9-7-14)24(29)30)21-18(27)16-5-4-10-23(16)19(28)12(2)20-13(3)25/h6-9,11-12,16H,4-5,10H2,1-3H3,(H,20,25)(H,21,27)(H,22,26)/t11-,12+,16-/m0/s1. The van der Waals surface area contributed by atoms with Crippen molar-refractivity contribution in [2.45, 2.75) is 51.7 Å². The number of nitrogens with zero attached hydrogens (tertiary/aromatic N) is 2. The van der Waals surface area contributed by atoms with Crippen LogP contribution in [-0.4, -0.2) is 58.1 Å². The van der Waals surface area contributed by atoms with Gasteiger partial charge in [-0.1, -0.05) is 0 Å². The van der Waals surface area contributed by atoms with Crippen LogP contribution in [0, 0.1) is 10.1 Å². The molecule has 4 amide bonds. The van der Waals surface area contributed by atoms with Gasteiger partial charge in [0, 0.05) is 31.3 Å². The van der Waals surface area contributed by atoms with Crippen molar-refractivity contribution in [2.24, 2.45) is 0 Å². The molecular formula is C19H25N5O6. The molecule has 2 rings (SSSR count). The van der Waals surface area contributed by atoms with Crippen molar-refractivity contribution < 1.29 is 24.1 Å². The second-order valence-electron chi connectivity index (χ2n) is 7.14. The van der Waals surface area contributed by atoms with E-state index in [9.17, 15) is 29.3 Å². The van der Waals surface area contributed by atoms with Gasteiger partial charge in [-0.2, -0.15) is 0 Å². The lowest BCUT2D eigenvalue weighted by molar-refractivity contribution is -0.384. The van der Waals surface area contributed by atoms with Gasteiger partial charge in [-0.05, 0) is 38.8 Å². The van der Waals surface area contributed by atoms with E-state index in [2.05, 4.69) is 16.0 Å². The van der Waals surface area contributed by atoms with Gasteiger partial charge in [-0.3, -0.25) is 29.3 Å². The number of benzene rings is 1. The number of carbonyl (C=O) groups excluding carboxylic acids is 4.